The zero-order chi connectivity index (χ0) is 27.2. The molecule has 3 aromatic rings. The van der Waals surface area contributed by atoms with Crippen LogP contribution in [-0.4, -0.2) is 58.0 Å². The van der Waals surface area contributed by atoms with Gasteiger partial charge in [-0.15, -0.1) is 0 Å². The molecule has 1 aliphatic heterocycles. The Morgan fingerprint density at radius 2 is 1.71 bits per heavy atom. The number of aliphatic carboxylic acids is 1. The number of hydrogen-bond acceptors (Lipinski definition) is 6. The molecule has 0 saturated carbocycles. The minimum Gasteiger partial charge on any atom is -0.481 e. The van der Waals surface area contributed by atoms with E-state index in [4.69, 9.17) is 9.84 Å². The van der Waals surface area contributed by atoms with Crippen molar-refractivity contribution >= 4 is 11.9 Å². The molecule has 0 spiro atoms. The maximum absolute atomic E-state index is 13.6. The van der Waals surface area contributed by atoms with Crippen molar-refractivity contribution in [1.29, 1.82) is 0 Å². The molecule has 38 heavy (non-hydrogen) atoms. The van der Waals surface area contributed by atoms with Gasteiger partial charge in [-0.05, 0) is 37.1 Å². The van der Waals surface area contributed by atoms with Gasteiger partial charge in [0, 0.05) is 37.4 Å². The zero-order valence-electron chi connectivity index (χ0n) is 20.4. The second kappa shape index (κ2) is 12.0. The van der Waals surface area contributed by atoms with Gasteiger partial charge in [0.2, 0.25) is 5.43 Å². The van der Waals surface area contributed by atoms with E-state index in [2.05, 4.69) is 10.00 Å². The van der Waals surface area contributed by atoms with Crippen molar-refractivity contribution in [2.45, 2.75) is 25.7 Å². The summed E-state index contributed by atoms with van der Waals surface area (Å²) in [5, 5.41) is 13.2. The summed E-state index contributed by atoms with van der Waals surface area (Å²) in [7, 11) is 0. The molecule has 1 aliphatic rings. The molecule has 1 fully saturated rings. The first-order chi connectivity index (χ1) is 18.2. The zero-order valence-corrected chi connectivity index (χ0v) is 20.4. The van der Waals surface area contributed by atoms with Crippen molar-refractivity contribution in [1.82, 2.24) is 14.7 Å². The lowest BCUT2D eigenvalue weighted by Crippen LogP contribution is -2.38. The minimum absolute atomic E-state index is 0.0233. The first kappa shape index (κ1) is 27.1. The average molecular weight is 530 g/mol. The number of esters is 1. The molecule has 0 amide bonds. The Morgan fingerprint density at radius 1 is 1.03 bits per heavy atom. The number of carboxylic acid groups (broad SMARTS) is 1. The van der Waals surface area contributed by atoms with E-state index in [1.165, 1.54) is 12.3 Å². The second-order valence-corrected chi connectivity index (χ2v) is 9.14. The van der Waals surface area contributed by atoms with E-state index in [-0.39, 0.29) is 42.2 Å². The summed E-state index contributed by atoms with van der Waals surface area (Å²) in [4.78, 5) is 37.8. The fourth-order valence-corrected chi connectivity index (χ4v) is 4.34. The Labute approximate surface area is 216 Å². The summed E-state index contributed by atoms with van der Waals surface area (Å²) >= 11 is 0. The lowest BCUT2D eigenvalue weighted by atomic mass is 9.97. The van der Waals surface area contributed by atoms with Gasteiger partial charge in [-0.25, -0.2) is 17.9 Å². The number of rotatable bonds is 9. The number of nitrogens with zero attached hydrogens (tertiary/aromatic N) is 3. The van der Waals surface area contributed by atoms with Crippen LogP contribution in [0.2, 0.25) is 0 Å². The molecule has 0 bridgehead atoms. The van der Waals surface area contributed by atoms with E-state index < -0.39 is 29.4 Å². The fraction of sp³-hybridized carbons (Fsp3) is 0.333. The summed E-state index contributed by atoms with van der Waals surface area (Å²) in [5.41, 5.74) is 1.00. The SMILES string of the molecule is O=C(Cc1cccc(Cc2nn(-c3cc(F)c(F)c(F)c3)ccc2=O)c1)OCCN1CCC(C(=O)O)CC1. The molecule has 0 unspecified atom stereocenters. The van der Waals surface area contributed by atoms with Crippen molar-refractivity contribution in [3.63, 3.8) is 0 Å². The molecular formula is C27H26F3N3O5. The quantitative estimate of drug-likeness (QED) is 0.336. The highest BCUT2D eigenvalue weighted by molar-refractivity contribution is 5.72. The molecule has 1 aromatic heterocycles. The van der Waals surface area contributed by atoms with E-state index in [1.807, 2.05) is 0 Å². The van der Waals surface area contributed by atoms with Crippen LogP contribution in [-0.2, 0) is 27.2 Å². The van der Waals surface area contributed by atoms with Crippen molar-refractivity contribution < 1.29 is 32.6 Å². The fourth-order valence-electron chi connectivity index (χ4n) is 4.34. The van der Waals surface area contributed by atoms with Crippen molar-refractivity contribution in [2.24, 2.45) is 5.92 Å². The largest absolute Gasteiger partial charge is 0.481 e. The first-order valence-corrected chi connectivity index (χ1v) is 12.1. The molecule has 2 heterocycles. The monoisotopic (exact) mass is 529 g/mol. The van der Waals surface area contributed by atoms with Crippen LogP contribution in [0.1, 0.15) is 29.7 Å². The Bertz CT molecular complexity index is 1360. The highest BCUT2D eigenvalue weighted by atomic mass is 19.2. The predicted molar refractivity (Wildman–Crippen MR) is 130 cm³/mol. The van der Waals surface area contributed by atoms with Gasteiger partial charge in [0.05, 0.1) is 18.0 Å². The van der Waals surface area contributed by atoms with Crippen molar-refractivity contribution in [3.05, 3.63) is 93.2 Å². The van der Waals surface area contributed by atoms with Gasteiger partial charge >= 0.3 is 11.9 Å². The van der Waals surface area contributed by atoms with Gasteiger partial charge in [0.1, 0.15) is 12.3 Å². The number of ether oxygens (including phenoxy) is 1. The van der Waals surface area contributed by atoms with Crippen LogP contribution in [0.5, 0.6) is 0 Å². The van der Waals surface area contributed by atoms with Crippen LogP contribution in [0.4, 0.5) is 13.2 Å². The molecule has 2 aromatic carbocycles. The number of likely N-dealkylation sites (tertiary alicyclic amines) is 1. The van der Waals surface area contributed by atoms with Gasteiger partial charge in [-0.3, -0.25) is 19.3 Å². The minimum atomic E-state index is -1.59. The summed E-state index contributed by atoms with van der Waals surface area (Å²) in [6, 6.07) is 9.75. The van der Waals surface area contributed by atoms with Gasteiger partial charge in [0.25, 0.3) is 0 Å². The standard InChI is InChI=1S/C27H26F3N3O5/c28-21-15-20(16-22(29)26(21)30)33-9-6-24(34)23(31-33)13-17-2-1-3-18(12-17)14-25(35)38-11-10-32-7-4-19(5-8-32)27(36)37/h1-3,6,9,12,15-16,19H,4-5,7-8,10-11,13-14H2,(H,36,37). The van der Waals surface area contributed by atoms with Gasteiger partial charge < -0.3 is 9.84 Å². The molecule has 11 heteroatoms. The Balaban J connectivity index is 1.34. The molecule has 4 rings (SSSR count). The second-order valence-electron chi connectivity index (χ2n) is 9.14. The molecule has 1 saturated heterocycles. The highest BCUT2D eigenvalue weighted by Crippen LogP contribution is 2.18. The van der Waals surface area contributed by atoms with Gasteiger partial charge in [-0.2, -0.15) is 5.10 Å². The Kier molecular flexibility index (Phi) is 8.57. The van der Waals surface area contributed by atoms with Crippen LogP contribution in [0.15, 0.2) is 53.5 Å². The number of carbonyl (C=O) groups excluding carboxylic acids is 1. The van der Waals surface area contributed by atoms with Crippen LogP contribution in [0.3, 0.4) is 0 Å². The molecule has 8 nitrogen and oxygen atoms in total. The topological polar surface area (TPSA) is 102 Å². The third-order valence-corrected chi connectivity index (χ3v) is 6.43. The molecule has 0 atom stereocenters. The number of halogens is 3. The van der Waals surface area contributed by atoms with E-state index in [0.29, 0.717) is 43.6 Å². The van der Waals surface area contributed by atoms with Crippen molar-refractivity contribution in [3.8, 4) is 5.69 Å². The summed E-state index contributed by atoms with van der Waals surface area (Å²) in [6.45, 7) is 2.04. The van der Waals surface area contributed by atoms with E-state index in [1.54, 1.807) is 24.3 Å². The van der Waals surface area contributed by atoms with Crippen LogP contribution in [0.25, 0.3) is 5.69 Å². The third kappa shape index (κ3) is 6.86. The normalized spacial score (nSPS) is 14.4. The molecular weight excluding hydrogens is 503 g/mol. The Morgan fingerprint density at radius 3 is 2.39 bits per heavy atom. The lowest BCUT2D eigenvalue weighted by Gasteiger charge is -2.29. The molecule has 0 aliphatic carbocycles. The first-order valence-electron chi connectivity index (χ1n) is 12.1. The van der Waals surface area contributed by atoms with Crippen LogP contribution >= 0.6 is 0 Å². The number of carbonyl (C=O) groups is 2. The van der Waals surface area contributed by atoms with Crippen LogP contribution < -0.4 is 5.43 Å². The third-order valence-electron chi connectivity index (χ3n) is 6.43. The summed E-state index contributed by atoms with van der Waals surface area (Å²) < 4.78 is 47.0. The summed E-state index contributed by atoms with van der Waals surface area (Å²) in [6.07, 6.45) is 2.51. The number of hydrogen-bond donors (Lipinski definition) is 1. The number of benzene rings is 2. The smallest absolute Gasteiger partial charge is 0.310 e. The van der Waals surface area contributed by atoms with E-state index in [0.717, 1.165) is 16.8 Å². The summed E-state index contributed by atoms with van der Waals surface area (Å²) in [5.74, 6) is -5.84. The Hall–Kier alpha value is -3.99. The van der Waals surface area contributed by atoms with Gasteiger partial charge in [0.15, 0.2) is 17.5 Å². The van der Waals surface area contributed by atoms with Crippen LogP contribution in [0, 0.1) is 23.4 Å². The highest BCUT2D eigenvalue weighted by Gasteiger charge is 2.24. The number of piperidine rings is 1. The molecule has 1 N–H and O–H groups in total. The number of carboxylic acids is 1. The molecule has 0 radical (unpaired) electrons. The average Bonchev–Trinajstić information content (AvgIpc) is 2.89. The number of aromatic nitrogens is 2. The van der Waals surface area contributed by atoms with E-state index >= 15 is 0 Å². The molecule has 200 valence electrons. The van der Waals surface area contributed by atoms with Crippen molar-refractivity contribution in [2.75, 3.05) is 26.2 Å². The maximum Gasteiger partial charge on any atom is 0.310 e. The predicted octanol–water partition coefficient (Wildman–Crippen LogP) is 3.12. The van der Waals surface area contributed by atoms with Gasteiger partial charge in [-0.1, -0.05) is 24.3 Å². The van der Waals surface area contributed by atoms with E-state index in [9.17, 15) is 27.6 Å². The lowest BCUT2D eigenvalue weighted by molar-refractivity contribution is -0.143. The maximum atomic E-state index is 13.6.